The Bertz CT molecular complexity index is 820. The topological polar surface area (TPSA) is 70.9 Å². The van der Waals surface area contributed by atoms with Crippen molar-refractivity contribution in [1.82, 2.24) is 15.5 Å². The third-order valence-electron chi connectivity index (χ3n) is 4.27. The van der Waals surface area contributed by atoms with Gasteiger partial charge in [0.25, 0.3) is 5.91 Å². The summed E-state index contributed by atoms with van der Waals surface area (Å²) in [7, 11) is 0. The van der Waals surface area contributed by atoms with Crippen LogP contribution < -0.4 is 5.32 Å². The number of H-pyrrole nitrogens is 1. The number of nitrogens with one attached hydrogen (secondary N) is 2. The van der Waals surface area contributed by atoms with E-state index < -0.39 is 0 Å². The zero-order valence-electron chi connectivity index (χ0n) is 12.6. The van der Waals surface area contributed by atoms with Crippen LogP contribution in [0.2, 0.25) is 0 Å². The number of nitrogens with zero attached hydrogens (tertiary/aromatic N) is 1. The van der Waals surface area contributed by atoms with Crippen LogP contribution in [0, 0.1) is 0 Å². The average Bonchev–Trinajstić information content (AvgIpc) is 3.26. The van der Waals surface area contributed by atoms with E-state index in [2.05, 4.69) is 27.6 Å². The van der Waals surface area contributed by atoms with Gasteiger partial charge >= 0.3 is 0 Å². The minimum Gasteiger partial charge on any atom is -0.463 e. The summed E-state index contributed by atoms with van der Waals surface area (Å²) in [5.41, 5.74) is 3.61. The van der Waals surface area contributed by atoms with Gasteiger partial charge in [0.1, 0.15) is 5.69 Å². The second-order valence-electron chi connectivity index (χ2n) is 5.76. The van der Waals surface area contributed by atoms with Gasteiger partial charge in [-0.05, 0) is 42.5 Å². The van der Waals surface area contributed by atoms with Crippen LogP contribution in [0.4, 0.5) is 0 Å². The van der Waals surface area contributed by atoms with Gasteiger partial charge in [-0.25, -0.2) is 0 Å². The van der Waals surface area contributed by atoms with Gasteiger partial charge in [0.15, 0.2) is 11.5 Å². The molecule has 2 heterocycles. The van der Waals surface area contributed by atoms with E-state index in [0.717, 1.165) is 19.3 Å². The van der Waals surface area contributed by atoms with Crippen LogP contribution in [-0.4, -0.2) is 16.1 Å². The van der Waals surface area contributed by atoms with Crippen LogP contribution >= 0.6 is 0 Å². The Labute approximate surface area is 133 Å². The van der Waals surface area contributed by atoms with Gasteiger partial charge < -0.3 is 9.73 Å². The molecule has 1 aliphatic carbocycles. The molecule has 4 rings (SSSR count). The Hall–Kier alpha value is -2.82. The molecule has 0 radical (unpaired) electrons. The molecule has 0 spiro atoms. The maximum Gasteiger partial charge on any atom is 0.272 e. The minimum absolute atomic E-state index is 0.0520. The standard InChI is InChI=1S/C18H17N3O2/c22-18(16-11-15(20-21-16)17-9-4-10-23-17)19-14-8-3-6-12-5-1-2-7-13(12)14/h1-2,4-5,7,9-11,14H,3,6,8H2,(H,19,22)(H,20,21). The third-order valence-corrected chi connectivity index (χ3v) is 4.27. The van der Waals surface area contributed by atoms with E-state index in [1.165, 1.54) is 11.1 Å². The number of fused-ring (bicyclic) bond motifs is 1. The molecule has 23 heavy (non-hydrogen) atoms. The lowest BCUT2D eigenvalue weighted by Crippen LogP contribution is -2.31. The van der Waals surface area contributed by atoms with Crippen molar-refractivity contribution in [2.45, 2.75) is 25.3 Å². The van der Waals surface area contributed by atoms with E-state index in [4.69, 9.17) is 4.42 Å². The number of aromatic amines is 1. The quantitative estimate of drug-likeness (QED) is 0.778. The van der Waals surface area contributed by atoms with Crippen LogP contribution in [0.3, 0.4) is 0 Å². The Kier molecular flexibility index (Phi) is 3.46. The van der Waals surface area contributed by atoms with Crippen molar-refractivity contribution in [3.8, 4) is 11.5 Å². The van der Waals surface area contributed by atoms with Gasteiger partial charge in [0, 0.05) is 6.07 Å². The van der Waals surface area contributed by atoms with E-state index in [9.17, 15) is 4.79 Å². The number of hydrogen-bond acceptors (Lipinski definition) is 3. The van der Waals surface area contributed by atoms with Crippen molar-refractivity contribution in [1.29, 1.82) is 0 Å². The van der Waals surface area contributed by atoms with Crippen molar-refractivity contribution in [2.75, 3.05) is 0 Å². The van der Waals surface area contributed by atoms with E-state index in [1.54, 1.807) is 18.4 Å². The summed E-state index contributed by atoms with van der Waals surface area (Å²) in [6, 6.07) is 13.7. The van der Waals surface area contributed by atoms with Gasteiger partial charge in [0.2, 0.25) is 0 Å². The molecule has 0 saturated heterocycles. The smallest absolute Gasteiger partial charge is 0.272 e. The molecular formula is C18H17N3O2. The summed E-state index contributed by atoms with van der Waals surface area (Å²) in [5, 5.41) is 10.0. The number of carbonyl (C=O) groups is 1. The number of aromatic nitrogens is 2. The SMILES string of the molecule is O=C(NC1CCCc2ccccc21)c1cc(-c2ccco2)[nH]n1. The number of aryl methyl sites for hydroxylation is 1. The molecule has 1 atom stereocenters. The molecule has 0 bridgehead atoms. The lowest BCUT2D eigenvalue weighted by molar-refractivity contribution is 0.0927. The van der Waals surface area contributed by atoms with Crippen LogP contribution in [0.5, 0.6) is 0 Å². The molecule has 0 aliphatic heterocycles. The fourth-order valence-corrected chi connectivity index (χ4v) is 3.13. The predicted molar refractivity (Wildman–Crippen MR) is 85.9 cm³/mol. The molecule has 1 aromatic carbocycles. The minimum atomic E-state index is -0.166. The molecule has 2 aromatic heterocycles. The van der Waals surface area contributed by atoms with Gasteiger partial charge in [-0.2, -0.15) is 5.10 Å². The van der Waals surface area contributed by atoms with Gasteiger partial charge in [-0.15, -0.1) is 0 Å². The fraction of sp³-hybridized carbons (Fsp3) is 0.222. The number of rotatable bonds is 3. The summed E-state index contributed by atoms with van der Waals surface area (Å²) in [5.74, 6) is 0.500. The first-order valence-corrected chi connectivity index (χ1v) is 7.79. The molecule has 116 valence electrons. The number of hydrogen-bond donors (Lipinski definition) is 2. The first-order valence-electron chi connectivity index (χ1n) is 7.79. The second kappa shape index (κ2) is 5.76. The predicted octanol–water partition coefficient (Wildman–Crippen LogP) is 3.48. The largest absolute Gasteiger partial charge is 0.463 e. The van der Waals surface area contributed by atoms with E-state index in [1.807, 2.05) is 18.2 Å². The normalized spacial score (nSPS) is 16.8. The third kappa shape index (κ3) is 2.65. The number of amides is 1. The molecule has 0 fully saturated rings. The van der Waals surface area contributed by atoms with Gasteiger partial charge in [-0.1, -0.05) is 24.3 Å². The van der Waals surface area contributed by atoms with Crippen LogP contribution in [-0.2, 0) is 6.42 Å². The Morgan fingerprint density at radius 2 is 2.17 bits per heavy atom. The lowest BCUT2D eigenvalue weighted by atomic mass is 9.87. The molecule has 5 nitrogen and oxygen atoms in total. The van der Waals surface area contributed by atoms with Crippen LogP contribution in [0.15, 0.2) is 53.1 Å². The summed E-state index contributed by atoms with van der Waals surface area (Å²) in [6.07, 6.45) is 4.71. The van der Waals surface area contributed by atoms with Crippen LogP contribution in [0.25, 0.3) is 11.5 Å². The van der Waals surface area contributed by atoms with Crippen molar-refractivity contribution in [3.63, 3.8) is 0 Å². The highest BCUT2D eigenvalue weighted by Gasteiger charge is 2.23. The Morgan fingerprint density at radius 3 is 3.04 bits per heavy atom. The maximum atomic E-state index is 12.5. The molecule has 1 unspecified atom stereocenters. The highest BCUT2D eigenvalue weighted by Crippen LogP contribution is 2.29. The Morgan fingerprint density at radius 1 is 1.26 bits per heavy atom. The molecule has 1 aliphatic rings. The number of furan rings is 1. The summed E-state index contributed by atoms with van der Waals surface area (Å²) < 4.78 is 5.31. The number of carbonyl (C=O) groups excluding carboxylic acids is 1. The first-order chi connectivity index (χ1) is 11.3. The summed E-state index contributed by atoms with van der Waals surface area (Å²) in [6.45, 7) is 0. The molecule has 3 aromatic rings. The molecule has 2 N–H and O–H groups in total. The van der Waals surface area contributed by atoms with Crippen molar-refractivity contribution in [2.24, 2.45) is 0 Å². The lowest BCUT2D eigenvalue weighted by Gasteiger charge is -2.26. The highest BCUT2D eigenvalue weighted by atomic mass is 16.3. The van der Waals surface area contributed by atoms with E-state index in [-0.39, 0.29) is 11.9 Å². The first kappa shape index (κ1) is 13.8. The van der Waals surface area contributed by atoms with Crippen molar-refractivity contribution < 1.29 is 9.21 Å². The highest BCUT2D eigenvalue weighted by molar-refractivity contribution is 5.93. The zero-order chi connectivity index (χ0) is 15.6. The summed E-state index contributed by atoms with van der Waals surface area (Å²) >= 11 is 0. The zero-order valence-corrected chi connectivity index (χ0v) is 12.6. The maximum absolute atomic E-state index is 12.5. The second-order valence-corrected chi connectivity index (χ2v) is 5.76. The van der Waals surface area contributed by atoms with E-state index >= 15 is 0 Å². The molecular weight excluding hydrogens is 290 g/mol. The van der Waals surface area contributed by atoms with Gasteiger partial charge in [-0.3, -0.25) is 9.89 Å². The molecule has 5 heteroatoms. The molecule has 0 saturated carbocycles. The average molecular weight is 307 g/mol. The monoisotopic (exact) mass is 307 g/mol. The van der Waals surface area contributed by atoms with E-state index in [0.29, 0.717) is 17.1 Å². The van der Waals surface area contributed by atoms with Gasteiger partial charge in [0.05, 0.1) is 12.3 Å². The molecule has 1 amide bonds. The Balaban J connectivity index is 1.53. The van der Waals surface area contributed by atoms with Crippen LogP contribution in [0.1, 0.15) is 40.5 Å². The fourth-order valence-electron chi connectivity index (χ4n) is 3.13. The van der Waals surface area contributed by atoms with Crippen molar-refractivity contribution in [3.05, 3.63) is 65.5 Å². The van der Waals surface area contributed by atoms with Crippen molar-refractivity contribution >= 4 is 5.91 Å². The summed E-state index contributed by atoms with van der Waals surface area (Å²) in [4.78, 5) is 12.5. The number of benzene rings is 1.